The lowest BCUT2D eigenvalue weighted by Gasteiger charge is -2.13. The molecule has 24 heavy (non-hydrogen) atoms. The first kappa shape index (κ1) is 18.9. The van der Waals surface area contributed by atoms with Crippen LogP contribution in [-0.2, 0) is 11.2 Å². The maximum atomic E-state index is 12.2. The molecule has 0 unspecified atom stereocenters. The quantitative estimate of drug-likeness (QED) is 0.725. The van der Waals surface area contributed by atoms with Gasteiger partial charge in [-0.2, -0.15) is 0 Å². The molecule has 0 spiro atoms. The van der Waals surface area contributed by atoms with Crippen LogP contribution >= 0.6 is 35.0 Å². The van der Waals surface area contributed by atoms with Gasteiger partial charge in [0.1, 0.15) is 0 Å². The van der Waals surface area contributed by atoms with Gasteiger partial charge in [-0.15, -0.1) is 11.8 Å². The summed E-state index contributed by atoms with van der Waals surface area (Å²) in [6, 6.07) is 10.8. The average Bonchev–Trinajstić information content (AvgIpc) is 2.58. The third-order valence-electron chi connectivity index (χ3n) is 3.24. The SMILES string of the molecule is COc1cccc(CCNC(=O)[C@@H](C)Sc2cc(Cl)ccc2Cl)n1. The number of carbonyl (C=O) groups excluding carboxylic acids is 1. The van der Waals surface area contributed by atoms with Crippen LogP contribution in [0.5, 0.6) is 5.88 Å². The van der Waals surface area contributed by atoms with E-state index in [0.717, 1.165) is 10.6 Å². The fraction of sp³-hybridized carbons (Fsp3) is 0.294. The Bertz CT molecular complexity index is 713. The van der Waals surface area contributed by atoms with Gasteiger partial charge < -0.3 is 10.1 Å². The molecule has 1 N–H and O–H groups in total. The highest BCUT2D eigenvalue weighted by Gasteiger charge is 2.16. The maximum Gasteiger partial charge on any atom is 0.233 e. The van der Waals surface area contributed by atoms with Crippen molar-refractivity contribution in [1.82, 2.24) is 10.3 Å². The number of nitrogens with zero attached hydrogens (tertiary/aromatic N) is 1. The van der Waals surface area contributed by atoms with E-state index in [1.54, 1.807) is 31.4 Å². The molecule has 2 rings (SSSR count). The zero-order valence-electron chi connectivity index (χ0n) is 13.4. The number of nitrogens with one attached hydrogen (secondary N) is 1. The van der Waals surface area contributed by atoms with Crippen LogP contribution < -0.4 is 10.1 Å². The molecule has 1 aromatic heterocycles. The minimum atomic E-state index is -0.278. The number of aromatic nitrogens is 1. The molecule has 4 nitrogen and oxygen atoms in total. The van der Waals surface area contributed by atoms with Crippen LogP contribution in [-0.4, -0.2) is 29.8 Å². The van der Waals surface area contributed by atoms with Gasteiger partial charge in [0.15, 0.2) is 0 Å². The number of hydrogen-bond donors (Lipinski definition) is 1. The molecule has 7 heteroatoms. The molecule has 0 saturated heterocycles. The van der Waals surface area contributed by atoms with Crippen molar-refractivity contribution in [2.45, 2.75) is 23.5 Å². The lowest BCUT2D eigenvalue weighted by Crippen LogP contribution is -2.32. The number of hydrogen-bond acceptors (Lipinski definition) is 4. The van der Waals surface area contributed by atoms with Gasteiger partial charge in [0.2, 0.25) is 11.8 Å². The Kier molecular flexibility index (Phi) is 7.21. The number of ether oxygens (including phenoxy) is 1. The Morgan fingerprint density at radius 3 is 2.88 bits per heavy atom. The summed E-state index contributed by atoms with van der Waals surface area (Å²) in [4.78, 5) is 17.3. The molecule has 1 heterocycles. The van der Waals surface area contributed by atoms with E-state index in [9.17, 15) is 4.79 Å². The highest BCUT2D eigenvalue weighted by molar-refractivity contribution is 8.00. The molecule has 2 aromatic rings. The topological polar surface area (TPSA) is 51.2 Å². The molecule has 1 atom stereocenters. The van der Waals surface area contributed by atoms with Gasteiger partial charge in [0, 0.05) is 34.6 Å². The van der Waals surface area contributed by atoms with Gasteiger partial charge in [-0.3, -0.25) is 4.79 Å². The van der Waals surface area contributed by atoms with Gasteiger partial charge in [-0.25, -0.2) is 4.98 Å². The Morgan fingerprint density at radius 2 is 2.12 bits per heavy atom. The van der Waals surface area contributed by atoms with Crippen LogP contribution in [0.1, 0.15) is 12.6 Å². The predicted octanol–water partition coefficient (Wildman–Crippen LogP) is 4.24. The van der Waals surface area contributed by atoms with Crippen LogP contribution in [0.15, 0.2) is 41.3 Å². The van der Waals surface area contributed by atoms with E-state index in [1.807, 2.05) is 19.1 Å². The smallest absolute Gasteiger partial charge is 0.233 e. The second-order valence-corrected chi connectivity index (χ2v) is 7.27. The first-order valence-electron chi connectivity index (χ1n) is 7.39. The van der Waals surface area contributed by atoms with E-state index in [4.69, 9.17) is 27.9 Å². The molecule has 0 radical (unpaired) electrons. The average molecular weight is 385 g/mol. The highest BCUT2D eigenvalue weighted by atomic mass is 35.5. The molecule has 0 aliphatic carbocycles. The molecule has 0 aliphatic rings. The van der Waals surface area contributed by atoms with Crippen molar-refractivity contribution in [2.24, 2.45) is 0 Å². The summed E-state index contributed by atoms with van der Waals surface area (Å²) >= 11 is 13.5. The Labute approximate surface area is 155 Å². The number of rotatable bonds is 7. The van der Waals surface area contributed by atoms with Crippen molar-refractivity contribution in [3.8, 4) is 5.88 Å². The van der Waals surface area contributed by atoms with E-state index in [-0.39, 0.29) is 11.2 Å². The van der Waals surface area contributed by atoms with Gasteiger partial charge >= 0.3 is 0 Å². The largest absolute Gasteiger partial charge is 0.481 e. The van der Waals surface area contributed by atoms with E-state index >= 15 is 0 Å². The van der Waals surface area contributed by atoms with E-state index < -0.39 is 0 Å². The van der Waals surface area contributed by atoms with Crippen molar-refractivity contribution >= 4 is 40.9 Å². The summed E-state index contributed by atoms with van der Waals surface area (Å²) in [6.45, 7) is 2.34. The van der Waals surface area contributed by atoms with Crippen molar-refractivity contribution in [3.05, 3.63) is 52.1 Å². The number of thioether (sulfide) groups is 1. The van der Waals surface area contributed by atoms with Crippen molar-refractivity contribution in [3.63, 3.8) is 0 Å². The molecule has 0 aliphatic heterocycles. The Balaban J connectivity index is 1.84. The van der Waals surface area contributed by atoms with Gasteiger partial charge in [0.05, 0.1) is 17.4 Å². The third kappa shape index (κ3) is 5.58. The lowest BCUT2D eigenvalue weighted by molar-refractivity contribution is -0.120. The van der Waals surface area contributed by atoms with Crippen LogP contribution in [0.4, 0.5) is 0 Å². The van der Waals surface area contributed by atoms with Crippen molar-refractivity contribution in [1.29, 1.82) is 0 Å². The van der Waals surface area contributed by atoms with E-state index in [0.29, 0.717) is 28.9 Å². The molecule has 1 aromatic carbocycles. The zero-order chi connectivity index (χ0) is 17.5. The summed E-state index contributed by atoms with van der Waals surface area (Å²) in [7, 11) is 1.58. The number of methoxy groups -OCH3 is 1. The molecule has 0 bridgehead atoms. The van der Waals surface area contributed by atoms with Gasteiger partial charge in [0.25, 0.3) is 0 Å². The first-order chi connectivity index (χ1) is 11.5. The molecular formula is C17H18Cl2N2O2S. The number of carbonyl (C=O) groups is 1. The highest BCUT2D eigenvalue weighted by Crippen LogP contribution is 2.32. The first-order valence-corrected chi connectivity index (χ1v) is 9.02. The second kappa shape index (κ2) is 9.16. The van der Waals surface area contributed by atoms with Crippen LogP contribution in [0.3, 0.4) is 0 Å². The summed E-state index contributed by atoms with van der Waals surface area (Å²) in [5, 5.41) is 3.81. The number of pyridine rings is 1. The number of halogens is 2. The number of amides is 1. The summed E-state index contributed by atoms with van der Waals surface area (Å²) in [5.74, 6) is 0.511. The molecule has 1 amide bonds. The van der Waals surface area contributed by atoms with Crippen molar-refractivity contribution < 1.29 is 9.53 Å². The zero-order valence-corrected chi connectivity index (χ0v) is 15.7. The van der Waals surface area contributed by atoms with Gasteiger partial charge in [-0.1, -0.05) is 29.3 Å². The Hall–Kier alpha value is -1.43. The summed E-state index contributed by atoms with van der Waals surface area (Å²) in [5.41, 5.74) is 0.868. The molecule has 0 fully saturated rings. The van der Waals surface area contributed by atoms with Crippen molar-refractivity contribution in [2.75, 3.05) is 13.7 Å². The summed E-state index contributed by atoms with van der Waals surface area (Å²) in [6.07, 6.45) is 0.637. The second-order valence-electron chi connectivity index (χ2n) is 5.05. The Morgan fingerprint density at radius 1 is 1.33 bits per heavy atom. The van der Waals surface area contributed by atoms with E-state index in [1.165, 1.54) is 11.8 Å². The minimum absolute atomic E-state index is 0.0565. The van der Waals surface area contributed by atoms with E-state index in [2.05, 4.69) is 10.3 Å². The fourth-order valence-corrected chi connectivity index (χ4v) is 3.41. The molecule has 128 valence electrons. The standard InChI is InChI=1S/C17H18Cl2N2O2S/c1-11(24-15-10-12(18)6-7-14(15)19)17(22)20-9-8-13-4-3-5-16(21-13)23-2/h3-7,10-11H,8-9H2,1-2H3,(H,20,22)/t11-/m1/s1. The lowest BCUT2D eigenvalue weighted by atomic mass is 10.2. The number of benzene rings is 1. The maximum absolute atomic E-state index is 12.2. The van der Waals surface area contributed by atoms with Gasteiger partial charge in [-0.05, 0) is 31.2 Å². The molecule has 0 saturated carbocycles. The monoisotopic (exact) mass is 384 g/mol. The van der Waals surface area contributed by atoms with Crippen LogP contribution in [0, 0.1) is 0 Å². The van der Waals surface area contributed by atoms with Crippen LogP contribution in [0.2, 0.25) is 10.0 Å². The fourth-order valence-electron chi connectivity index (χ4n) is 1.98. The third-order valence-corrected chi connectivity index (χ3v) is 5.07. The normalized spacial score (nSPS) is 11.8. The predicted molar refractivity (Wildman–Crippen MR) is 99.3 cm³/mol. The minimum Gasteiger partial charge on any atom is -0.481 e. The summed E-state index contributed by atoms with van der Waals surface area (Å²) < 4.78 is 5.08. The molecular weight excluding hydrogens is 367 g/mol. The van der Waals surface area contributed by atoms with Crippen LogP contribution in [0.25, 0.3) is 0 Å².